The van der Waals surface area contributed by atoms with Crippen LogP contribution in [0.15, 0.2) is 72.8 Å². The second kappa shape index (κ2) is 10.4. The second-order valence-corrected chi connectivity index (χ2v) is 8.35. The molecular weight excluding hydrogens is 448 g/mol. The fraction of sp³-hybridized carbons (Fsp3) is 0.148. The third kappa shape index (κ3) is 5.71. The van der Waals surface area contributed by atoms with Gasteiger partial charge >= 0.3 is 0 Å². The number of methoxy groups -OCH3 is 1. The van der Waals surface area contributed by atoms with E-state index in [9.17, 15) is 4.79 Å². The molecule has 0 spiro atoms. The predicted molar refractivity (Wildman–Crippen MR) is 138 cm³/mol. The topological polar surface area (TPSA) is 76.1 Å². The van der Waals surface area contributed by atoms with Crippen LogP contribution in [0.5, 0.6) is 5.75 Å². The first-order valence-corrected chi connectivity index (χ1v) is 11.2. The standard InChI is InChI=1S/C27H25ClN4O2/c1-17-4-7-19(8-5-17)24-15-25(20-9-12-22(34-3)13-10-20)31-27(30-24)32-26(33)16-29-23-14-21(28)11-6-18(23)2/h4-15,29H,16H2,1-3H3,(H,30,31,32,33). The van der Waals surface area contributed by atoms with Gasteiger partial charge in [0.2, 0.25) is 11.9 Å². The summed E-state index contributed by atoms with van der Waals surface area (Å²) in [7, 11) is 1.63. The normalized spacial score (nSPS) is 10.6. The van der Waals surface area contributed by atoms with Crippen molar-refractivity contribution in [1.29, 1.82) is 0 Å². The van der Waals surface area contributed by atoms with Crippen LogP contribution in [0.25, 0.3) is 22.5 Å². The Morgan fingerprint density at radius 2 is 1.50 bits per heavy atom. The van der Waals surface area contributed by atoms with Gasteiger partial charge in [-0.3, -0.25) is 10.1 Å². The zero-order chi connectivity index (χ0) is 24.1. The van der Waals surface area contributed by atoms with E-state index in [1.165, 1.54) is 0 Å². The molecule has 0 unspecified atom stereocenters. The summed E-state index contributed by atoms with van der Waals surface area (Å²) >= 11 is 6.07. The zero-order valence-corrected chi connectivity index (χ0v) is 20.0. The number of hydrogen-bond acceptors (Lipinski definition) is 5. The van der Waals surface area contributed by atoms with E-state index in [0.717, 1.165) is 39.4 Å². The van der Waals surface area contributed by atoms with E-state index in [0.29, 0.717) is 10.7 Å². The lowest BCUT2D eigenvalue weighted by Crippen LogP contribution is -2.23. The van der Waals surface area contributed by atoms with Gasteiger partial charge in [-0.05, 0) is 61.9 Å². The van der Waals surface area contributed by atoms with Crippen LogP contribution >= 0.6 is 11.6 Å². The summed E-state index contributed by atoms with van der Waals surface area (Å²) in [5.41, 5.74) is 6.19. The number of nitrogens with one attached hydrogen (secondary N) is 2. The molecule has 0 saturated carbocycles. The molecule has 0 fully saturated rings. The number of nitrogens with zero attached hydrogens (tertiary/aromatic N) is 2. The largest absolute Gasteiger partial charge is 0.497 e. The molecule has 3 aromatic carbocycles. The Hall–Kier alpha value is -3.90. The highest BCUT2D eigenvalue weighted by molar-refractivity contribution is 6.30. The summed E-state index contributed by atoms with van der Waals surface area (Å²) in [6, 6.07) is 23.1. The van der Waals surface area contributed by atoms with Crippen LogP contribution in [0.3, 0.4) is 0 Å². The van der Waals surface area contributed by atoms with Crippen molar-refractivity contribution in [3.05, 3.63) is 88.9 Å². The quantitative estimate of drug-likeness (QED) is 0.338. The molecule has 172 valence electrons. The highest BCUT2D eigenvalue weighted by Gasteiger charge is 2.12. The smallest absolute Gasteiger partial charge is 0.246 e. The zero-order valence-electron chi connectivity index (χ0n) is 19.2. The van der Waals surface area contributed by atoms with Gasteiger partial charge < -0.3 is 10.1 Å². The molecule has 0 radical (unpaired) electrons. The highest BCUT2D eigenvalue weighted by Crippen LogP contribution is 2.27. The Kier molecular flexibility index (Phi) is 7.09. The monoisotopic (exact) mass is 472 g/mol. The molecule has 0 saturated heterocycles. The maximum atomic E-state index is 12.7. The minimum absolute atomic E-state index is 0.0527. The second-order valence-electron chi connectivity index (χ2n) is 7.92. The maximum Gasteiger partial charge on any atom is 0.246 e. The van der Waals surface area contributed by atoms with Crippen LogP contribution in [0.1, 0.15) is 11.1 Å². The first kappa shape index (κ1) is 23.3. The van der Waals surface area contributed by atoms with Crippen molar-refractivity contribution in [3.63, 3.8) is 0 Å². The minimum Gasteiger partial charge on any atom is -0.497 e. The van der Waals surface area contributed by atoms with Crippen molar-refractivity contribution < 1.29 is 9.53 Å². The van der Waals surface area contributed by atoms with Gasteiger partial charge in [-0.15, -0.1) is 0 Å². The first-order chi connectivity index (χ1) is 16.4. The number of rotatable bonds is 7. The Balaban J connectivity index is 1.60. The van der Waals surface area contributed by atoms with Crippen molar-refractivity contribution in [2.75, 3.05) is 24.3 Å². The Morgan fingerprint density at radius 3 is 2.12 bits per heavy atom. The maximum absolute atomic E-state index is 12.7. The number of hydrogen-bond donors (Lipinski definition) is 2. The Morgan fingerprint density at radius 1 is 0.882 bits per heavy atom. The van der Waals surface area contributed by atoms with Gasteiger partial charge in [0.25, 0.3) is 0 Å². The van der Waals surface area contributed by atoms with Crippen molar-refractivity contribution in [2.45, 2.75) is 13.8 Å². The molecule has 6 nitrogen and oxygen atoms in total. The van der Waals surface area contributed by atoms with Crippen LogP contribution in [-0.4, -0.2) is 29.5 Å². The molecule has 0 aliphatic heterocycles. The summed E-state index contributed by atoms with van der Waals surface area (Å²) in [4.78, 5) is 21.9. The fourth-order valence-corrected chi connectivity index (χ4v) is 3.59. The predicted octanol–water partition coefficient (Wildman–Crippen LogP) is 6.14. The fourth-order valence-electron chi connectivity index (χ4n) is 3.41. The Labute approximate surface area is 204 Å². The lowest BCUT2D eigenvalue weighted by atomic mass is 10.1. The van der Waals surface area contributed by atoms with Gasteiger partial charge in [-0.1, -0.05) is 47.5 Å². The van der Waals surface area contributed by atoms with Gasteiger partial charge in [-0.2, -0.15) is 0 Å². The minimum atomic E-state index is -0.263. The number of aryl methyl sites for hydroxylation is 2. The molecule has 7 heteroatoms. The van der Waals surface area contributed by atoms with E-state index in [-0.39, 0.29) is 18.4 Å². The van der Waals surface area contributed by atoms with Crippen molar-refractivity contribution in [3.8, 4) is 28.3 Å². The average molecular weight is 473 g/mol. The van der Waals surface area contributed by atoms with Crippen LogP contribution in [0, 0.1) is 13.8 Å². The van der Waals surface area contributed by atoms with E-state index >= 15 is 0 Å². The summed E-state index contributed by atoms with van der Waals surface area (Å²) < 4.78 is 5.26. The van der Waals surface area contributed by atoms with Crippen LogP contribution < -0.4 is 15.4 Å². The molecule has 1 heterocycles. The van der Waals surface area contributed by atoms with Gasteiger partial charge in [0.15, 0.2) is 0 Å². The van der Waals surface area contributed by atoms with Gasteiger partial charge in [-0.25, -0.2) is 9.97 Å². The van der Waals surface area contributed by atoms with Crippen LogP contribution in [0.2, 0.25) is 5.02 Å². The molecule has 1 amide bonds. The molecule has 0 aliphatic carbocycles. The Bertz CT molecular complexity index is 1310. The lowest BCUT2D eigenvalue weighted by Gasteiger charge is -2.12. The number of aromatic nitrogens is 2. The van der Waals surface area contributed by atoms with Crippen LogP contribution in [0.4, 0.5) is 11.6 Å². The number of benzene rings is 3. The average Bonchev–Trinajstić information content (AvgIpc) is 2.85. The molecule has 0 bridgehead atoms. The van der Waals surface area contributed by atoms with E-state index < -0.39 is 0 Å². The van der Waals surface area contributed by atoms with Crippen molar-refractivity contribution in [1.82, 2.24) is 9.97 Å². The number of anilines is 2. The number of halogens is 1. The summed E-state index contributed by atoms with van der Waals surface area (Å²) in [5, 5.41) is 6.54. The van der Waals surface area contributed by atoms with E-state index in [4.69, 9.17) is 16.3 Å². The third-order valence-corrected chi connectivity index (χ3v) is 5.58. The molecule has 0 aliphatic rings. The van der Waals surface area contributed by atoms with Crippen molar-refractivity contribution in [2.24, 2.45) is 0 Å². The molecule has 34 heavy (non-hydrogen) atoms. The molecule has 4 rings (SSSR count). The molecular formula is C27H25ClN4O2. The number of amides is 1. The SMILES string of the molecule is COc1ccc(-c2cc(-c3ccc(C)cc3)nc(NC(=O)CNc3cc(Cl)ccc3C)n2)cc1. The molecule has 0 atom stereocenters. The van der Waals surface area contributed by atoms with E-state index in [1.807, 2.05) is 80.6 Å². The number of carbonyl (C=O) groups excluding carboxylic acids is 1. The van der Waals surface area contributed by atoms with E-state index in [1.54, 1.807) is 13.2 Å². The first-order valence-electron chi connectivity index (χ1n) is 10.8. The highest BCUT2D eigenvalue weighted by atomic mass is 35.5. The summed E-state index contributed by atoms with van der Waals surface area (Å²) in [6.07, 6.45) is 0. The van der Waals surface area contributed by atoms with Gasteiger partial charge in [0.05, 0.1) is 25.0 Å². The van der Waals surface area contributed by atoms with E-state index in [2.05, 4.69) is 20.6 Å². The third-order valence-electron chi connectivity index (χ3n) is 5.35. The van der Waals surface area contributed by atoms with Crippen LogP contribution in [-0.2, 0) is 4.79 Å². The molecule has 1 aromatic heterocycles. The summed E-state index contributed by atoms with van der Waals surface area (Å²) in [6.45, 7) is 4.04. The van der Waals surface area contributed by atoms with Gasteiger partial charge in [0.1, 0.15) is 5.75 Å². The number of carbonyl (C=O) groups is 1. The van der Waals surface area contributed by atoms with Crippen molar-refractivity contribution >= 4 is 29.1 Å². The molecule has 2 N–H and O–H groups in total. The lowest BCUT2D eigenvalue weighted by molar-refractivity contribution is -0.114. The summed E-state index contributed by atoms with van der Waals surface area (Å²) in [5.74, 6) is 0.729. The molecule has 4 aromatic rings. The van der Waals surface area contributed by atoms with Gasteiger partial charge in [0, 0.05) is 21.8 Å². The number of ether oxygens (including phenoxy) is 1.